The van der Waals surface area contributed by atoms with Gasteiger partial charge >= 0.3 is 0 Å². The minimum absolute atomic E-state index is 0.585. The van der Waals surface area contributed by atoms with E-state index in [9.17, 15) is 0 Å². The summed E-state index contributed by atoms with van der Waals surface area (Å²) in [6.07, 6.45) is 3.30. The first kappa shape index (κ1) is 12.2. The van der Waals surface area contributed by atoms with Crippen molar-refractivity contribution >= 4 is 11.0 Å². The average molecular weight is 273 g/mol. The van der Waals surface area contributed by atoms with E-state index < -0.39 is 0 Å². The molecule has 0 unspecified atom stereocenters. The average Bonchev–Trinajstić information content (AvgIpc) is 3.29. The van der Waals surface area contributed by atoms with E-state index in [4.69, 9.17) is 10.2 Å². The van der Waals surface area contributed by atoms with E-state index in [0.29, 0.717) is 11.6 Å². The molecule has 102 valence electrons. The van der Waals surface area contributed by atoms with Crippen molar-refractivity contribution in [2.24, 2.45) is 0 Å². The summed E-state index contributed by atoms with van der Waals surface area (Å²) < 4.78 is 2.36. The van der Waals surface area contributed by atoms with Gasteiger partial charge in [-0.2, -0.15) is 5.26 Å². The zero-order valence-corrected chi connectivity index (χ0v) is 11.7. The Morgan fingerprint density at radius 3 is 2.67 bits per heavy atom. The Labute approximate surface area is 123 Å². The van der Waals surface area contributed by atoms with Crippen molar-refractivity contribution in [3.05, 3.63) is 65.5 Å². The maximum atomic E-state index is 9.05. The molecule has 1 heterocycles. The van der Waals surface area contributed by atoms with E-state index in [0.717, 1.165) is 23.3 Å². The molecule has 0 N–H and O–H groups in total. The van der Waals surface area contributed by atoms with Gasteiger partial charge in [0.1, 0.15) is 5.82 Å². The summed E-state index contributed by atoms with van der Waals surface area (Å²) >= 11 is 0. The molecule has 3 nitrogen and oxygen atoms in total. The van der Waals surface area contributed by atoms with Gasteiger partial charge in [0, 0.05) is 12.5 Å². The van der Waals surface area contributed by atoms with E-state index in [1.54, 1.807) is 0 Å². The van der Waals surface area contributed by atoms with Gasteiger partial charge in [-0.25, -0.2) is 4.98 Å². The summed E-state index contributed by atoms with van der Waals surface area (Å²) in [5.74, 6) is 1.11. The highest BCUT2D eigenvalue weighted by atomic mass is 15.1. The van der Waals surface area contributed by atoms with Gasteiger partial charge in [0.15, 0.2) is 0 Å². The number of nitrogens with zero attached hydrogens (tertiary/aromatic N) is 3. The smallest absolute Gasteiger partial charge is 0.114 e. The lowest BCUT2D eigenvalue weighted by molar-refractivity contribution is 0.715. The van der Waals surface area contributed by atoms with Gasteiger partial charge in [-0.15, -0.1) is 0 Å². The molecule has 0 aliphatic heterocycles. The van der Waals surface area contributed by atoms with Crippen LogP contribution >= 0.6 is 0 Å². The fourth-order valence-electron chi connectivity index (χ4n) is 2.86. The van der Waals surface area contributed by atoms with Crippen LogP contribution in [0.5, 0.6) is 0 Å². The second-order valence-corrected chi connectivity index (χ2v) is 5.61. The molecule has 2 aromatic carbocycles. The van der Waals surface area contributed by atoms with Crippen molar-refractivity contribution in [3.63, 3.8) is 0 Å². The van der Waals surface area contributed by atoms with E-state index >= 15 is 0 Å². The van der Waals surface area contributed by atoms with Gasteiger partial charge in [0.05, 0.1) is 22.7 Å². The SMILES string of the molecule is N#Cc1ccc2c(c1)nc(Cc1ccccc1)n2C1CC1. The number of nitriles is 1. The quantitative estimate of drug-likeness (QED) is 0.727. The molecule has 0 radical (unpaired) electrons. The van der Waals surface area contributed by atoms with Gasteiger partial charge in [-0.3, -0.25) is 0 Å². The van der Waals surface area contributed by atoms with Crippen LogP contribution < -0.4 is 0 Å². The molecule has 0 spiro atoms. The minimum Gasteiger partial charge on any atom is -0.325 e. The van der Waals surface area contributed by atoms with Crippen LogP contribution in [0.3, 0.4) is 0 Å². The first-order valence-corrected chi connectivity index (χ1v) is 7.30. The third-order valence-corrected chi connectivity index (χ3v) is 4.01. The lowest BCUT2D eigenvalue weighted by atomic mass is 10.1. The van der Waals surface area contributed by atoms with Gasteiger partial charge in [-0.05, 0) is 36.6 Å². The molecule has 1 aromatic heterocycles. The number of imidazole rings is 1. The molecule has 4 rings (SSSR count). The minimum atomic E-state index is 0.585. The highest BCUT2D eigenvalue weighted by molar-refractivity contribution is 5.78. The van der Waals surface area contributed by atoms with Gasteiger partial charge in [-0.1, -0.05) is 30.3 Å². The Morgan fingerprint density at radius 1 is 1.14 bits per heavy atom. The van der Waals surface area contributed by atoms with Crippen LogP contribution in [0.15, 0.2) is 48.5 Å². The van der Waals surface area contributed by atoms with Crippen LogP contribution in [0.25, 0.3) is 11.0 Å². The van der Waals surface area contributed by atoms with Crippen LogP contribution in [0.1, 0.15) is 35.8 Å². The fraction of sp³-hybridized carbons (Fsp3) is 0.222. The van der Waals surface area contributed by atoms with E-state index in [2.05, 4.69) is 34.9 Å². The molecule has 1 saturated carbocycles. The number of benzene rings is 2. The molecule has 1 aliphatic carbocycles. The first-order chi connectivity index (χ1) is 10.3. The molecular formula is C18H15N3. The first-order valence-electron chi connectivity index (χ1n) is 7.30. The van der Waals surface area contributed by atoms with Crippen molar-refractivity contribution in [1.82, 2.24) is 9.55 Å². The topological polar surface area (TPSA) is 41.6 Å². The van der Waals surface area contributed by atoms with Crippen molar-refractivity contribution in [1.29, 1.82) is 5.26 Å². The predicted molar refractivity (Wildman–Crippen MR) is 82.0 cm³/mol. The zero-order valence-electron chi connectivity index (χ0n) is 11.7. The molecule has 0 amide bonds. The van der Waals surface area contributed by atoms with Gasteiger partial charge < -0.3 is 4.57 Å². The van der Waals surface area contributed by atoms with Crippen LogP contribution in [0.4, 0.5) is 0 Å². The zero-order chi connectivity index (χ0) is 14.2. The second-order valence-electron chi connectivity index (χ2n) is 5.61. The fourth-order valence-corrected chi connectivity index (χ4v) is 2.86. The van der Waals surface area contributed by atoms with Crippen molar-refractivity contribution in [2.45, 2.75) is 25.3 Å². The predicted octanol–water partition coefficient (Wildman–Crippen LogP) is 3.83. The third kappa shape index (κ3) is 2.19. The van der Waals surface area contributed by atoms with Crippen LogP contribution in [-0.2, 0) is 6.42 Å². The Balaban J connectivity index is 1.84. The maximum Gasteiger partial charge on any atom is 0.114 e. The lowest BCUT2D eigenvalue weighted by Gasteiger charge is -2.07. The summed E-state index contributed by atoms with van der Waals surface area (Å²) in [7, 11) is 0. The third-order valence-electron chi connectivity index (χ3n) is 4.01. The molecule has 0 saturated heterocycles. The van der Waals surface area contributed by atoms with E-state index in [1.165, 1.54) is 18.4 Å². The molecule has 1 aliphatic rings. The van der Waals surface area contributed by atoms with Gasteiger partial charge in [0.25, 0.3) is 0 Å². The number of hydrogen-bond acceptors (Lipinski definition) is 2. The number of fused-ring (bicyclic) bond motifs is 1. The van der Waals surface area contributed by atoms with E-state index in [-0.39, 0.29) is 0 Å². The summed E-state index contributed by atoms with van der Waals surface area (Å²) in [6.45, 7) is 0. The standard InChI is InChI=1S/C18H15N3/c19-12-14-6-9-17-16(10-14)20-18(21(17)15-7-8-15)11-13-4-2-1-3-5-13/h1-6,9-10,15H,7-8,11H2. The second kappa shape index (κ2) is 4.75. The molecule has 1 fully saturated rings. The van der Waals surface area contributed by atoms with Crippen LogP contribution in [0.2, 0.25) is 0 Å². The molecule has 3 aromatic rings. The van der Waals surface area contributed by atoms with E-state index in [1.807, 2.05) is 24.3 Å². The molecule has 21 heavy (non-hydrogen) atoms. The summed E-state index contributed by atoms with van der Waals surface area (Å²) in [4.78, 5) is 4.79. The largest absolute Gasteiger partial charge is 0.325 e. The van der Waals surface area contributed by atoms with Crippen LogP contribution in [0, 0.1) is 11.3 Å². The highest BCUT2D eigenvalue weighted by Gasteiger charge is 2.28. The Kier molecular flexibility index (Phi) is 2.75. The number of aromatic nitrogens is 2. The number of hydrogen-bond donors (Lipinski definition) is 0. The normalized spacial score (nSPS) is 14.2. The maximum absolute atomic E-state index is 9.05. The summed E-state index contributed by atoms with van der Waals surface area (Å²) in [6, 6.07) is 19.0. The molecule has 0 bridgehead atoms. The Morgan fingerprint density at radius 2 is 1.95 bits per heavy atom. The highest BCUT2D eigenvalue weighted by Crippen LogP contribution is 2.39. The summed E-state index contributed by atoms with van der Waals surface area (Å²) in [5, 5.41) is 9.05. The Hall–Kier alpha value is -2.60. The summed E-state index contributed by atoms with van der Waals surface area (Å²) in [5.41, 5.74) is 4.04. The molecule has 3 heteroatoms. The van der Waals surface area contributed by atoms with Crippen molar-refractivity contribution < 1.29 is 0 Å². The monoisotopic (exact) mass is 273 g/mol. The Bertz CT molecular complexity index is 836. The van der Waals surface area contributed by atoms with Crippen molar-refractivity contribution in [2.75, 3.05) is 0 Å². The lowest BCUT2D eigenvalue weighted by Crippen LogP contribution is -2.02. The van der Waals surface area contributed by atoms with Crippen LogP contribution in [-0.4, -0.2) is 9.55 Å². The van der Waals surface area contributed by atoms with Gasteiger partial charge in [0.2, 0.25) is 0 Å². The van der Waals surface area contributed by atoms with Crippen molar-refractivity contribution in [3.8, 4) is 6.07 Å². The number of rotatable bonds is 3. The molecular weight excluding hydrogens is 258 g/mol. The molecule has 0 atom stereocenters.